The summed E-state index contributed by atoms with van der Waals surface area (Å²) in [4.78, 5) is 4.52. The van der Waals surface area contributed by atoms with Crippen molar-refractivity contribution in [3.05, 3.63) is 47.8 Å². The van der Waals surface area contributed by atoms with Gasteiger partial charge in [-0.1, -0.05) is 17.7 Å². The van der Waals surface area contributed by atoms with Crippen molar-refractivity contribution in [1.82, 2.24) is 20.4 Å². The molecule has 0 bridgehead atoms. The second kappa shape index (κ2) is 12.7. The minimum Gasteiger partial charge on any atom is -0.494 e. The maximum Gasteiger partial charge on any atom is 0.191 e. The van der Waals surface area contributed by atoms with Gasteiger partial charge in [0, 0.05) is 31.9 Å². The number of guanidine groups is 1. The molecule has 1 heterocycles. The van der Waals surface area contributed by atoms with Crippen LogP contribution in [-0.2, 0) is 12.6 Å². The van der Waals surface area contributed by atoms with Gasteiger partial charge in [0.1, 0.15) is 11.4 Å². The number of aryl methyl sites for hydroxylation is 2. The molecule has 29 heavy (non-hydrogen) atoms. The van der Waals surface area contributed by atoms with Crippen LogP contribution in [0.1, 0.15) is 37.8 Å². The Morgan fingerprint density at radius 3 is 2.59 bits per heavy atom. The van der Waals surface area contributed by atoms with Gasteiger partial charge in [0.25, 0.3) is 0 Å². The van der Waals surface area contributed by atoms with E-state index in [1.54, 1.807) is 17.8 Å². The number of rotatable bonds is 10. The Hall–Kier alpha value is -1.81. The van der Waals surface area contributed by atoms with E-state index >= 15 is 0 Å². The number of unbranched alkanes of at least 4 members (excludes halogenated alkanes) is 1. The number of benzene rings is 1. The fourth-order valence-electron chi connectivity index (χ4n) is 2.62. The van der Waals surface area contributed by atoms with Gasteiger partial charge in [0.15, 0.2) is 5.96 Å². The highest BCUT2D eigenvalue weighted by Gasteiger charge is 2.24. The summed E-state index contributed by atoms with van der Waals surface area (Å²) in [6, 6.07) is 8.10. The third-order valence-electron chi connectivity index (χ3n) is 4.37. The zero-order valence-corrected chi connectivity index (χ0v) is 20.1. The number of ether oxygens (including phenoxy) is 1. The van der Waals surface area contributed by atoms with Gasteiger partial charge in [-0.05, 0) is 45.7 Å². The van der Waals surface area contributed by atoms with Crippen LogP contribution < -0.4 is 15.4 Å². The first-order valence-electron chi connectivity index (χ1n) is 9.84. The van der Waals surface area contributed by atoms with E-state index in [1.807, 2.05) is 32.3 Å². The van der Waals surface area contributed by atoms with Gasteiger partial charge in [-0.3, -0.25) is 4.68 Å². The quantitative estimate of drug-likeness (QED) is 0.196. The molecule has 3 N–H and O–H groups in total. The highest BCUT2D eigenvalue weighted by atomic mass is 127. The van der Waals surface area contributed by atoms with E-state index in [1.165, 1.54) is 5.56 Å². The number of aromatic nitrogens is 2. The topological polar surface area (TPSA) is 83.7 Å². The second-order valence-corrected chi connectivity index (χ2v) is 7.17. The molecule has 0 aliphatic carbocycles. The van der Waals surface area contributed by atoms with Gasteiger partial charge in [-0.2, -0.15) is 5.10 Å². The van der Waals surface area contributed by atoms with Crippen LogP contribution in [0.3, 0.4) is 0 Å². The summed E-state index contributed by atoms with van der Waals surface area (Å²) in [5, 5.41) is 21.3. The normalized spacial score (nSPS) is 13.3. The van der Waals surface area contributed by atoms with E-state index in [9.17, 15) is 5.11 Å². The smallest absolute Gasteiger partial charge is 0.191 e. The molecule has 7 nitrogen and oxygen atoms in total. The molecule has 0 aliphatic rings. The molecule has 0 saturated carbocycles. The van der Waals surface area contributed by atoms with Gasteiger partial charge in [0.2, 0.25) is 0 Å². The Kier molecular flexibility index (Phi) is 11.0. The van der Waals surface area contributed by atoms with Gasteiger partial charge in [-0.25, -0.2) is 4.99 Å². The van der Waals surface area contributed by atoms with E-state index in [-0.39, 0.29) is 30.5 Å². The maximum atomic E-state index is 10.7. The lowest BCUT2D eigenvalue weighted by molar-refractivity contribution is 0.0672. The summed E-state index contributed by atoms with van der Waals surface area (Å²) < 4.78 is 7.42. The van der Waals surface area contributed by atoms with Gasteiger partial charge < -0.3 is 20.5 Å². The Labute approximate surface area is 191 Å². The lowest BCUT2D eigenvalue weighted by Crippen LogP contribution is -2.39. The maximum absolute atomic E-state index is 10.7. The van der Waals surface area contributed by atoms with Crippen molar-refractivity contribution in [2.45, 2.75) is 39.2 Å². The number of hydrogen-bond acceptors (Lipinski definition) is 4. The van der Waals surface area contributed by atoms with Gasteiger partial charge in [-0.15, -0.1) is 24.0 Å². The van der Waals surface area contributed by atoms with Crippen LogP contribution in [0.2, 0.25) is 0 Å². The largest absolute Gasteiger partial charge is 0.494 e. The molecule has 8 heteroatoms. The molecule has 0 fully saturated rings. The number of aliphatic hydroxyl groups is 1. The van der Waals surface area contributed by atoms with E-state index in [2.05, 4.69) is 39.8 Å². The molecular weight excluding hydrogens is 481 g/mol. The summed E-state index contributed by atoms with van der Waals surface area (Å²) in [5.74, 6) is 1.61. The highest BCUT2D eigenvalue weighted by molar-refractivity contribution is 14.0. The van der Waals surface area contributed by atoms with Crippen molar-refractivity contribution in [3.63, 3.8) is 0 Å². The summed E-state index contributed by atoms with van der Waals surface area (Å²) in [7, 11) is 1.83. The lowest BCUT2D eigenvalue weighted by Gasteiger charge is -2.20. The van der Waals surface area contributed by atoms with Crippen LogP contribution in [0.25, 0.3) is 0 Å². The molecule has 1 atom stereocenters. The number of nitrogens with one attached hydrogen (secondary N) is 2. The molecule has 1 unspecified atom stereocenters. The van der Waals surface area contributed by atoms with Crippen LogP contribution in [0.15, 0.2) is 41.7 Å². The number of aliphatic imine (C=N–C) groups is 1. The SMILES string of the molecule is CCNC(=NCC(C)(O)c1cnn(C)c1)NCCCCOc1ccc(C)cc1.I. The summed E-state index contributed by atoms with van der Waals surface area (Å²) in [6.45, 7) is 8.33. The van der Waals surface area contributed by atoms with E-state index in [4.69, 9.17) is 4.74 Å². The Morgan fingerprint density at radius 1 is 1.24 bits per heavy atom. The molecule has 0 spiro atoms. The molecule has 1 aromatic heterocycles. The molecule has 162 valence electrons. The van der Waals surface area contributed by atoms with Crippen LogP contribution in [-0.4, -0.2) is 47.1 Å². The molecule has 0 aliphatic heterocycles. The monoisotopic (exact) mass is 515 g/mol. The first-order chi connectivity index (χ1) is 13.4. The van der Waals surface area contributed by atoms with E-state index in [0.717, 1.165) is 37.2 Å². The van der Waals surface area contributed by atoms with Crippen molar-refractivity contribution < 1.29 is 9.84 Å². The van der Waals surface area contributed by atoms with E-state index < -0.39 is 5.60 Å². The van der Waals surface area contributed by atoms with Gasteiger partial charge in [0.05, 0.1) is 19.3 Å². The lowest BCUT2D eigenvalue weighted by atomic mass is 10.0. The van der Waals surface area contributed by atoms with Crippen molar-refractivity contribution in [1.29, 1.82) is 0 Å². The fraction of sp³-hybridized carbons (Fsp3) is 0.524. The van der Waals surface area contributed by atoms with Crippen LogP contribution in [0.5, 0.6) is 5.75 Å². The summed E-state index contributed by atoms with van der Waals surface area (Å²) >= 11 is 0. The highest BCUT2D eigenvalue weighted by Crippen LogP contribution is 2.19. The summed E-state index contributed by atoms with van der Waals surface area (Å²) in [6.07, 6.45) is 5.40. The fourth-order valence-corrected chi connectivity index (χ4v) is 2.62. The number of halogens is 1. The van der Waals surface area contributed by atoms with E-state index in [0.29, 0.717) is 12.6 Å². The third-order valence-corrected chi connectivity index (χ3v) is 4.37. The van der Waals surface area contributed by atoms with Crippen LogP contribution >= 0.6 is 24.0 Å². The van der Waals surface area contributed by atoms with Crippen molar-refractivity contribution in [2.75, 3.05) is 26.2 Å². The molecular formula is C21H34IN5O2. The Bertz CT molecular complexity index is 744. The predicted octanol–water partition coefficient (Wildman–Crippen LogP) is 2.97. The minimum absolute atomic E-state index is 0. The minimum atomic E-state index is -1.06. The molecule has 0 radical (unpaired) electrons. The molecule has 1 aromatic carbocycles. The second-order valence-electron chi connectivity index (χ2n) is 7.17. The van der Waals surface area contributed by atoms with Crippen molar-refractivity contribution >= 4 is 29.9 Å². The Balaban J connectivity index is 0.00000420. The van der Waals surface area contributed by atoms with Gasteiger partial charge >= 0.3 is 0 Å². The molecule has 0 saturated heterocycles. The standard InChI is InChI=1S/C21H33N5O2.HI/c1-5-22-20(24-16-21(3,27)18-14-25-26(4)15-18)23-12-6-7-13-28-19-10-8-17(2)9-11-19;/h8-11,14-15,27H,5-7,12-13,16H2,1-4H3,(H2,22,23,24);1H. The molecule has 0 amide bonds. The number of nitrogens with zero attached hydrogens (tertiary/aromatic N) is 3. The predicted molar refractivity (Wildman–Crippen MR) is 128 cm³/mol. The average molecular weight is 515 g/mol. The zero-order chi connectivity index (χ0) is 20.4. The molecule has 2 rings (SSSR count). The third kappa shape index (κ3) is 9.03. The molecule has 2 aromatic rings. The van der Waals surface area contributed by atoms with Crippen LogP contribution in [0.4, 0.5) is 0 Å². The number of hydrogen-bond donors (Lipinski definition) is 3. The first kappa shape index (κ1) is 25.2. The van der Waals surface area contributed by atoms with Crippen molar-refractivity contribution in [3.8, 4) is 5.75 Å². The first-order valence-corrected chi connectivity index (χ1v) is 9.84. The zero-order valence-electron chi connectivity index (χ0n) is 17.8. The average Bonchev–Trinajstić information content (AvgIpc) is 3.11. The Morgan fingerprint density at radius 2 is 1.97 bits per heavy atom. The van der Waals surface area contributed by atoms with Crippen molar-refractivity contribution in [2.24, 2.45) is 12.0 Å². The summed E-state index contributed by atoms with van der Waals surface area (Å²) in [5.41, 5.74) is 0.926. The van der Waals surface area contributed by atoms with Crippen LogP contribution in [0, 0.1) is 6.92 Å².